The predicted molar refractivity (Wildman–Crippen MR) is 62.6 cm³/mol. The number of nitrogens with zero attached hydrogens (tertiary/aromatic N) is 1. The quantitative estimate of drug-likeness (QED) is 0.824. The van der Waals surface area contributed by atoms with Gasteiger partial charge in [0.2, 0.25) is 10.0 Å². The molecule has 1 aromatic rings. The second kappa shape index (κ2) is 4.69. The molecule has 7 nitrogen and oxygen atoms in total. The minimum absolute atomic E-state index is 0.108. The zero-order chi connectivity index (χ0) is 14.1. The lowest BCUT2D eigenvalue weighted by molar-refractivity contribution is -0.143. The van der Waals surface area contributed by atoms with Crippen molar-refractivity contribution in [1.29, 1.82) is 0 Å². The highest BCUT2D eigenvalue weighted by Gasteiger charge is 2.38. The Kier molecular flexibility index (Phi) is 3.82. The fourth-order valence-corrected chi connectivity index (χ4v) is 3.24. The molecule has 1 unspecified atom stereocenters. The molecule has 8 heteroatoms. The van der Waals surface area contributed by atoms with Gasteiger partial charge in [0.05, 0.1) is 0 Å². The van der Waals surface area contributed by atoms with Crippen LogP contribution in [-0.2, 0) is 14.8 Å². The van der Waals surface area contributed by atoms with Crippen LogP contribution in [0.15, 0.2) is 9.42 Å². The highest BCUT2D eigenvalue weighted by Crippen LogP contribution is 2.22. The molecule has 0 fully saturated rings. The number of carboxylic acids is 1. The molecule has 0 radical (unpaired) electrons. The van der Waals surface area contributed by atoms with Crippen molar-refractivity contribution in [3.05, 3.63) is 11.5 Å². The van der Waals surface area contributed by atoms with Crippen LogP contribution in [0.1, 0.15) is 31.7 Å². The Bertz CT molecular complexity index is 543. The molecular weight excluding hydrogens is 260 g/mol. The lowest BCUT2D eigenvalue weighted by Crippen LogP contribution is -2.51. The summed E-state index contributed by atoms with van der Waals surface area (Å²) in [6.45, 7) is 5.84. The van der Waals surface area contributed by atoms with E-state index in [9.17, 15) is 13.2 Å². The van der Waals surface area contributed by atoms with Gasteiger partial charge in [-0.25, -0.2) is 8.42 Å². The van der Waals surface area contributed by atoms with Gasteiger partial charge < -0.3 is 9.63 Å². The van der Waals surface area contributed by atoms with Crippen molar-refractivity contribution in [2.45, 2.75) is 44.6 Å². The SMILES string of the molecule is CCC(C)(NS(=O)(=O)c1c(C)noc1C)C(=O)O. The van der Waals surface area contributed by atoms with Crippen LogP contribution < -0.4 is 4.72 Å². The normalized spacial score (nSPS) is 15.3. The van der Waals surface area contributed by atoms with Crippen LogP contribution in [0, 0.1) is 13.8 Å². The van der Waals surface area contributed by atoms with Gasteiger partial charge in [0, 0.05) is 0 Å². The Morgan fingerprint density at radius 2 is 2.06 bits per heavy atom. The maximum atomic E-state index is 12.1. The molecule has 0 saturated heterocycles. The summed E-state index contributed by atoms with van der Waals surface area (Å²) in [6, 6.07) is 0. The van der Waals surface area contributed by atoms with E-state index in [1.165, 1.54) is 20.8 Å². The number of aromatic nitrogens is 1. The molecule has 0 aliphatic rings. The molecule has 0 aromatic carbocycles. The lowest BCUT2D eigenvalue weighted by Gasteiger charge is -2.24. The summed E-state index contributed by atoms with van der Waals surface area (Å²) in [5.74, 6) is -1.11. The fraction of sp³-hybridized carbons (Fsp3) is 0.600. The number of rotatable bonds is 5. The topological polar surface area (TPSA) is 110 Å². The van der Waals surface area contributed by atoms with Crippen molar-refractivity contribution in [2.75, 3.05) is 0 Å². The number of hydrogen-bond acceptors (Lipinski definition) is 5. The van der Waals surface area contributed by atoms with E-state index in [-0.39, 0.29) is 22.8 Å². The van der Waals surface area contributed by atoms with Gasteiger partial charge in [-0.15, -0.1) is 0 Å². The minimum atomic E-state index is -3.98. The molecule has 1 heterocycles. The summed E-state index contributed by atoms with van der Waals surface area (Å²) < 4.78 is 31.2. The fourth-order valence-electron chi connectivity index (χ4n) is 1.47. The molecule has 1 rings (SSSR count). The van der Waals surface area contributed by atoms with E-state index in [1.54, 1.807) is 6.92 Å². The average Bonchev–Trinajstić information content (AvgIpc) is 2.57. The summed E-state index contributed by atoms with van der Waals surface area (Å²) >= 11 is 0. The van der Waals surface area contributed by atoms with Crippen molar-refractivity contribution in [3.63, 3.8) is 0 Å². The van der Waals surface area contributed by atoms with Crippen molar-refractivity contribution in [3.8, 4) is 0 Å². The molecule has 0 spiro atoms. The average molecular weight is 276 g/mol. The Morgan fingerprint density at radius 3 is 2.39 bits per heavy atom. The van der Waals surface area contributed by atoms with E-state index in [4.69, 9.17) is 9.63 Å². The van der Waals surface area contributed by atoms with Gasteiger partial charge in [0.1, 0.15) is 16.1 Å². The maximum absolute atomic E-state index is 12.1. The first-order chi connectivity index (χ1) is 8.14. The number of sulfonamides is 1. The summed E-state index contributed by atoms with van der Waals surface area (Å²) in [4.78, 5) is 11.0. The van der Waals surface area contributed by atoms with Crippen molar-refractivity contribution < 1.29 is 22.8 Å². The summed E-state index contributed by atoms with van der Waals surface area (Å²) in [7, 11) is -3.98. The van der Waals surface area contributed by atoms with E-state index in [0.29, 0.717) is 0 Å². The van der Waals surface area contributed by atoms with E-state index in [0.717, 1.165) is 0 Å². The van der Waals surface area contributed by atoms with Crippen LogP contribution in [0.2, 0.25) is 0 Å². The molecule has 18 heavy (non-hydrogen) atoms. The van der Waals surface area contributed by atoms with Crippen molar-refractivity contribution in [1.82, 2.24) is 9.88 Å². The minimum Gasteiger partial charge on any atom is -0.480 e. The Balaban J connectivity index is 3.22. The number of carbonyl (C=O) groups is 1. The highest BCUT2D eigenvalue weighted by molar-refractivity contribution is 7.89. The second-order valence-electron chi connectivity index (χ2n) is 4.25. The molecule has 1 aromatic heterocycles. The smallest absolute Gasteiger partial charge is 0.324 e. The molecule has 0 aliphatic carbocycles. The summed E-state index contributed by atoms with van der Waals surface area (Å²) in [6.07, 6.45) is 0.116. The number of aryl methyl sites for hydroxylation is 2. The van der Waals surface area contributed by atoms with Gasteiger partial charge in [-0.05, 0) is 27.2 Å². The van der Waals surface area contributed by atoms with E-state index in [2.05, 4.69) is 9.88 Å². The lowest BCUT2D eigenvalue weighted by atomic mass is 10.0. The Hall–Kier alpha value is -1.41. The molecular formula is C10H16N2O5S. The van der Waals surface area contributed by atoms with Crippen LogP contribution in [0.3, 0.4) is 0 Å². The molecule has 0 bridgehead atoms. The van der Waals surface area contributed by atoms with Gasteiger partial charge in [0.15, 0.2) is 5.76 Å². The summed E-state index contributed by atoms with van der Waals surface area (Å²) in [5.41, 5.74) is -1.36. The van der Waals surface area contributed by atoms with E-state index < -0.39 is 21.5 Å². The highest BCUT2D eigenvalue weighted by atomic mass is 32.2. The largest absolute Gasteiger partial charge is 0.480 e. The number of carboxylic acid groups (broad SMARTS) is 1. The van der Waals surface area contributed by atoms with Crippen LogP contribution in [0.25, 0.3) is 0 Å². The third-order valence-corrected chi connectivity index (χ3v) is 4.61. The first-order valence-corrected chi connectivity index (χ1v) is 6.82. The molecule has 1 atom stereocenters. The number of aliphatic carboxylic acids is 1. The Morgan fingerprint density at radius 1 is 1.50 bits per heavy atom. The van der Waals surface area contributed by atoms with Crippen LogP contribution in [0.4, 0.5) is 0 Å². The Labute approximate surface area is 105 Å². The third kappa shape index (κ3) is 2.54. The van der Waals surface area contributed by atoms with Gasteiger partial charge in [-0.1, -0.05) is 12.1 Å². The van der Waals surface area contributed by atoms with Crippen LogP contribution in [-0.4, -0.2) is 30.2 Å². The van der Waals surface area contributed by atoms with Crippen LogP contribution >= 0.6 is 0 Å². The molecule has 0 saturated carbocycles. The molecule has 0 aliphatic heterocycles. The monoisotopic (exact) mass is 276 g/mol. The van der Waals surface area contributed by atoms with Gasteiger partial charge in [-0.2, -0.15) is 4.72 Å². The first kappa shape index (κ1) is 14.7. The summed E-state index contributed by atoms with van der Waals surface area (Å²) in [5, 5.41) is 12.6. The van der Waals surface area contributed by atoms with Gasteiger partial charge in [-0.3, -0.25) is 4.79 Å². The third-order valence-electron chi connectivity index (χ3n) is 2.78. The number of hydrogen-bond donors (Lipinski definition) is 2. The predicted octanol–water partition coefficient (Wildman–Crippen LogP) is 0.823. The molecule has 102 valence electrons. The van der Waals surface area contributed by atoms with E-state index in [1.807, 2.05) is 0 Å². The molecule has 2 N–H and O–H groups in total. The zero-order valence-corrected chi connectivity index (χ0v) is 11.5. The second-order valence-corrected chi connectivity index (χ2v) is 5.87. The van der Waals surface area contributed by atoms with Gasteiger partial charge in [0.25, 0.3) is 0 Å². The van der Waals surface area contributed by atoms with Crippen molar-refractivity contribution in [2.24, 2.45) is 0 Å². The van der Waals surface area contributed by atoms with E-state index >= 15 is 0 Å². The van der Waals surface area contributed by atoms with Crippen molar-refractivity contribution >= 4 is 16.0 Å². The van der Waals surface area contributed by atoms with Gasteiger partial charge >= 0.3 is 5.97 Å². The zero-order valence-electron chi connectivity index (χ0n) is 10.6. The standard InChI is InChI=1S/C10H16N2O5S/c1-5-10(4,9(13)14)12-18(15,16)8-6(2)11-17-7(8)3/h12H,5H2,1-4H3,(H,13,14). The number of nitrogens with one attached hydrogen (secondary N) is 1. The molecule has 0 amide bonds. The van der Waals surface area contributed by atoms with Crippen LogP contribution in [0.5, 0.6) is 0 Å². The first-order valence-electron chi connectivity index (χ1n) is 5.34. The maximum Gasteiger partial charge on any atom is 0.324 e.